The van der Waals surface area contributed by atoms with Crippen molar-refractivity contribution in [3.8, 4) is 0 Å². The number of hydrogen-bond donors (Lipinski definition) is 2. The van der Waals surface area contributed by atoms with Crippen LogP contribution >= 0.6 is 23.2 Å². The van der Waals surface area contributed by atoms with Crippen molar-refractivity contribution in [2.75, 3.05) is 6.26 Å². The fraction of sp³-hybridized carbons (Fsp3) is 0.222. The Morgan fingerprint density at radius 2 is 1.33 bits per heavy atom. The van der Waals surface area contributed by atoms with Crippen LogP contribution in [0.25, 0.3) is 0 Å². The first-order valence-electron chi connectivity index (χ1n) is 7.57. The molecule has 2 aromatic carbocycles. The van der Waals surface area contributed by atoms with E-state index in [0.717, 1.165) is 17.4 Å². The van der Waals surface area contributed by atoms with E-state index in [9.17, 15) is 18.0 Å². The normalized spacial score (nSPS) is 10.7. The van der Waals surface area contributed by atoms with Gasteiger partial charge >= 0.3 is 11.9 Å². The van der Waals surface area contributed by atoms with Gasteiger partial charge < -0.3 is 10.2 Å². The molecular weight excluding hydrogens is 415 g/mol. The van der Waals surface area contributed by atoms with Crippen molar-refractivity contribution >= 4 is 45.0 Å². The number of aliphatic carboxylic acids is 2. The van der Waals surface area contributed by atoms with Crippen molar-refractivity contribution in [3.63, 3.8) is 0 Å². The molecule has 2 N–H and O–H groups in total. The number of rotatable bonds is 5. The van der Waals surface area contributed by atoms with Crippen LogP contribution in [0.3, 0.4) is 0 Å². The molecule has 0 radical (unpaired) electrons. The molecule has 0 aliphatic carbocycles. The zero-order valence-electron chi connectivity index (χ0n) is 14.6. The van der Waals surface area contributed by atoms with E-state index in [1.807, 2.05) is 13.0 Å². The molecule has 0 unspecified atom stereocenters. The molecule has 0 aliphatic rings. The van der Waals surface area contributed by atoms with E-state index in [1.165, 1.54) is 18.2 Å². The summed E-state index contributed by atoms with van der Waals surface area (Å²) in [6.45, 7) is 1.88. The standard InChI is InChI=1S/C9H9ClO4S.C9H9ClO2/c1-15(13,14)8-3-2-6(4-7(8)10)5-9(11)12;1-6-2-3-7(4-8(6)10)5-9(11)12/h2-4H,5H2,1H3,(H,11,12);2-4H,5H2,1H3,(H,11,12). The number of benzene rings is 2. The molecule has 0 aromatic heterocycles. The molecule has 2 aromatic rings. The van der Waals surface area contributed by atoms with Crippen LogP contribution in [0, 0.1) is 6.92 Å². The summed E-state index contributed by atoms with van der Waals surface area (Å²) < 4.78 is 22.4. The summed E-state index contributed by atoms with van der Waals surface area (Å²) in [5.41, 5.74) is 2.17. The van der Waals surface area contributed by atoms with Gasteiger partial charge in [0.25, 0.3) is 0 Å². The SMILES string of the molecule is CS(=O)(=O)c1ccc(CC(=O)O)cc1Cl.Cc1ccc(CC(=O)O)cc1Cl. The van der Waals surface area contributed by atoms with Crippen molar-refractivity contribution in [3.05, 3.63) is 63.1 Å². The van der Waals surface area contributed by atoms with Crippen LogP contribution in [-0.2, 0) is 32.3 Å². The van der Waals surface area contributed by atoms with Gasteiger partial charge in [0.05, 0.1) is 22.8 Å². The summed E-state index contributed by atoms with van der Waals surface area (Å²) in [6.07, 6.45) is 0.898. The molecule has 9 heteroatoms. The third-order valence-corrected chi connectivity index (χ3v) is 5.33. The van der Waals surface area contributed by atoms with E-state index in [-0.39, 0.29) is 22.8 Å². The minimum Gasteiger partial charge on any atom is -0.481 e. The molecule has 0 fully saturated rings. The van der Waals surface area contributed by atoms with E-state index in [0.29, 0.717) is 10.6 Å². The molecule has 2 rings (SSSR count). The summed E-state index contributed by atoms with van der Waals surface area (Å²) >= 11 is 11.5. The average molecular weight is 433 g/mol. The zero-order chi connectivity index (χ0) is 20.8. The Labute approximate surface area is 167 Å². The number of halogens is 2. The van der Waals surface area contributed by atoms with Crippen LogP contribution in [0.15, 0.2) is 41.3 Å². The maximum Gasteiger partial charge on any atom is 0.307 e. The molecule has 0 atom stereocenters. The van der Waals surface area contributed by atoms with E-state index in [2.05, 4.69) is 0 Å². The lowest BCUT2D eigenvalue weighted by Gasteiger charge is -2.03. The molecule has 0 heterocycles. The molecule has 0 saturated carbocycles. The van der Waals surface area contributed by atoms with Gasteiger partial charge in [-0.3, -0.25) is 9.59 Å². The number of hydrogen-bond acceptors (Lipinski definition) is 4. The quantitative estimate of drug-likeness (QED) is 0.745. The number of carboxylic acid groups (broad SMARTS) is 2. The Balaban J connectivity index is 0.000000277. The topological polar surface area (TPSA) is 109 Å². The Morgan fingerprint density at radius 1 is 0.889 bits per heavy atom. The molecule has 0 aliphatic heterocycles. The van der Waals surface area contributed by atoms with Crippen molar-refractivity contribution in [1.82, 2.24) is 0 Å². The second kappa shape index (κ2) is 9.73. The third kappa shape index (κ3) is 7.99. The second-order valence-corrected chi connectivity index (χ2v) is 8.56. The predicted octanol–water partition coefficient (Wildman–Crippen LogP) is 3.65. The van der Waals surface area contributed by atoms with Crippen LogP contribution in [0.2, 0.25) is 10.0 Å². The van der Waals surface area contributed by atoms with Gasteiger partial charge in [0.2, 0.25) is 0 Å². The third-order valence-electron chi connectivity index (χ3n) is 3.34. The van der Waals surface area contributed by atoms with Gasteiger partial charge in [0.15, 0.2) is 9.84 Å². The van der Waals surface area contributed by atoms with Crippen LogP contribution in [-0.4, -0.2) is 36.8 Å². The van der Waals surface area contributed by atoms with Gasteiger partial charge in [-0.15, -0.1) is 0 Å². The number of carbonyl (C=O) groups is 2. The van der Waals surface area contributed by atoms with Gasteiger partial charge in [-0.05, 0) is 41.8 Å². The van der Waals surface area contributed by atoms with Gasteiger partial charge in [-0.2, -0.15) is 0 Å². The highest BCUT2D eigenvalue weighted by Gasteiger charge is 2.13. The Bertz CT molecular complexity index is 954. The fourth-order valence-electron chi connectivity index (χ4n) is 2.05. The molecule has 6 nitrogen and oxygen atoms in total. The van der Waals surface area contributed by atoms with Crippen LogP contribution in [0.4, 0.5) is 0 Å². The van der Waals surface area contributed by atoms with Crippen LogP contribution in [0.5, 0.6) is 0 Å². The van der Waals surface area contributed by atoms with E-state index in [1.54, 1.807) is 12.1 Å². The van der Waals surface area contributed by atoms with E-state index >= 15 is 0 Å². The van der Waals surface area contributed by atoms with Crippen LogP contribution in [0.1, 0.15) is 16.7 Å². The lowest BCUT2D eigenvalue weighted by atomic mass is 10.1. The van der Waals surface area contributed by atoms with Crippen molar-refractivity contribution in [2.45, 2.75) is 24.7 Å². The first-order chi connectivity index (χ1) is 12.4. The molecule has 27 heavy (non-hydrogen) atoms. The molecule has 0 amide bonds. The van der Waals surface area contributed by atoms with Crippen molar-refractivity contribution in [2.24, 2.45) is 0 Å². The number of carboxylic acids is 2. The van der Waals surface area contributed by atoms with Crippen molar-refractivity contribution < 1.29 is 28.2 Å². The Morgan fingerprint density at radius 3 is 1.70 bits per heavy atom. The maximum absolute atomic E-state index is 11.2. The molecule has 146 valence electrons. The Hall–Kier alpha value is -2.09. The number of aryl methyl sites for hydroxylation is 1. The van der Waals surface area contributed by atoms with E-state index in [4.69, 9.17) is 33.4 Å². The largest absolute Gasteiger partial charge is 0.481 e. The minimum absolute atomic E-state index is 0.0123. The summed E-state index contributed by atoms with van der Waals surface area (Å²) in [5, 5.41) is 17.7. The lowest BCUT2D eigenvalue weighted by molar-refractivity contribution is -0.137. The van der Waals surface area contributed by atoms with Gasteiger partial charge in [-0.25, -0.2) is 8.42 Å². The summed E-state index contributed by atoms with van der Waals surface area (Å²) in [6, 6.07) is 9.39. The van der Waals surface area contributed by atoms with Gasteiger partial charge in [-0.1, -0.05) is 41.4 Å². The summed E-state index contributed by atoms with van der Waals surface area (Å²) in [7, 11) is -3.36. The van der Waals surface area contributed by atoms with E-state index < -0.39 is 21.8 Å². The molecule has 0 bridgehead atoms. The minimum atomic E-state index is -3.36. The highest BCUT2D eigenvalue weighted by Crippen LogP contribution is 2.22. The maximum atomic E-state index is 11.2. The zero-order valence-corrected chi connectivity index (χ0v) is 16.9. The number of sulfone groups is 1. The molecule has 0 spiro atoms. The smallest absolute Gasteiger partial charge is 0.307 e. The second-order valence-electron chi connectivity index (χ2n) is 5.76. The Kier molecular flexibility index (Phi) is 8.27. The average Bonchev–Trinajstić information content (AvgIpc) is 2.49. The molecular formula is C18H18Cl2O6S. The first kappa shape index (κ1) is 23.0. The summed E-state index contributed by atoms with van der Waals surface area (Å²) in [4.78, 5) is 20.7. The molecule has 0 saturated heterocycles. The first-order valence-corrected chi connectivity index (χ1v) is 10.2. The summed E-state index contributed by atoms with van der Waals surface area (Å²) in [5.74, 6) is -1.83. The van der Waals surface area contributed by atoms with Gasteiger partial charge in [0.1, 0.15) is 0 Å². The monoisotopic (exact) mass is 432 g/mol. The van der Waals surface area contributed by atoms with Crippen molar-refractivity contribution in [1.29, 1.82) is 0 Å². The highest BCUT2D eigenvalue weighted by atomic mass is 35.5. The fourth-order valence-corrected chi connectivity index (χ4v) is 3.61. The highest BCUT2D eigenvalue weighted by molar-refractivity contribution is 7.90. The van der Waals surface area contributed by atoms with Gasteiger partial charge in [0, 0.05) is 11.3 Å². The van der Waals surface area contributed by atoms with Crippen LogP contribution < -0.4 is 0 Å². The predicted molar refractivity (Wildman–Crippen MR) is 103 cm³/mol. The lowest BCUT2D eigenvalue weighted by Crippen LogP contribution is -2.02.